The highest BCUT2D eigenvalue weighted by Gasteiger charge is 2.22. The number of nitrogens with one attached hydrogen (secondary N) is 1. The van der Waals surface area contributed by atoms with Gasteiger partial charge in [0, 0.05) is 23.9 Å². The molecule has 1 aliphatic rings. The van der Waals surface area contributed by atoms with Crippen LogP contribution in [0.15, 0.2) is 70.6 Å². The summed E-state index contributed by atoms with van der Waals surface area (Å²) in [6.45, 7) is 0.727. The van der Waals surface area contributed by atoms with E-state index in [2.05, 4.69) is 16.0 Å². The van der Waals surface area contributed by atoms with Gasteiger partial charge in [-0.15, -0.1) is 0 Å². The third-order valence-electron chi connectivity index (χ3n) is 4.53. The Hall–Kier alpha value is -2.86. The molecule has 1 aromatic heterocycles. The average molecular weight is 377 g/mol. The van der Waals surface area contributed by atoms with Crippen molar-refractivity contribution in [2.75, 3.05) is 17.2 Å². The summed E-state index contributed by atoms with van der Waals surface area (Å²) in [5, 5.41) is 0.458. The second-order valence-electron chi connectivity index (χ2n) is 6.37. The lowest BCUT2D eigenvalue weighted by atomic mass is 10.0. The van der Waals surface area contributed by atoms with E-state index in [1.165, 1.54) is 23.4 Å². The highest BCUT2D eigenvalue weighted by atomic mass is 32.2. The molecule has 1 N–H and O–H groups in total. The molecular formula is C21H19N3O2S. The largest absolute Gasteiger partial charge is 0.311 e. The van der Waals surface area contributed by atoms with E-state index < -0.39 is 0 Å². The number of thioether (sulfide) groups is 1. The Kier molecular flexibility index (Phi) is 5.07. The predicted molar refractivity (Wildman–Crippen MR) is 108 cm³/mol. The molecule has 0 radical (unpaired) electrons. The minimum Gasteiger partial charge on any atom is -0.311 e. The van der Waals surface area contributed by atoms with E-state index in [0.717, 1.165) is 30.6 Å². The zero-order valence-electron chi connectivity index (χ0n) is 14.7. The number of hydrogen-bond donors (Lipinski definition) is 1. The molecule has 2 aromatic carbocycles. The maximum Gasteiger partial charge on any atom is 0.252 e. The van der Waals surface area contributed by atoms with E-state index in [0.29, 0.717) is 10.9 Å². The van der Waals surface area contributed by atoms with Gasteiger partial charge in [-0.2, -0.15) is 0 Å². The first kappa shape index (κ1) is 17.5. The summed E-state index contributed by atoms with van der Waals surface area (Å²) < 4.78 is 0. The van der Waals surface area contributed by atoms with Crippen LogP contribution in [0, 0.1) is 0 Å². The van der Waals surface area contributed by atoms with Crippen molar-refractivity contribution < 1.29 is 4.79 Å². The fourth-order valence-corrected chi connectivity index (χ4v) is 4.01. The fraction of sp³-hybridized carbons (Fsp3) is 0.190. The van der Waals surface area contributed by atoms with Gasteiger partial charge < -0.3 is 9.88 Å². The molecule has 136 valence electrons. The van der Waals surface area contributed by atoms with Crippen LogP contribution in [-0.4, -0.2) is 28.2 Å². The van der Waals surface area contributed by atoms with Crippen LogP contribution in [0.25, 0.3) is 11.3 Å². The minimum absolute atomic E-state index is 0.0277. The number of hydrogen-bond acceptors (Lipinski definition) is 4. The van der Waals surface area contributed by atoms with Gasteiger partial charge in [-0.25, -0.2) is 4.98 Å². The molecule has 0 saturated heterocycles. The lowest BCUT2D eigenvalue weighted by Crippen LogP contribution is -2.36. The SMILES string of the molecule is O=C(CSc1nc(-c2ccccc2)cc(=O)[nH]1)N1CCCc2ccccc21. The first-order valence-corrected chi connectivity index (χ1v) is 9.87. The second-order valence-corrected chi connectivity index (χ2v) is 7.33. The number of aryl methyl sites for hydroxylation is 1. The molecule has 3 aromatic rings. The van der Waals surface area contributed by atoms with Crippen LogP contribution in [0.2, 0.25) is 0 Å². The van der Waals surface area contributed by atoms with Crippen molar-refractivity contribution in [2.24, 2.45) is 0 Å². The van der Waals surface area contributed by atoms with Gasteiger partial charge in [0.2, 0.25) is 5.91 Å². The van der Waals surface area contributed by atoms with Crippen LogP contribution in [0.3, 0.4) is 0 Å². The zero-order chi connectivity index (χ0) is 18.6. The van der Waals surface area contributed by atoms with Gasteiger partial charge >= 0.3 is 0 Å². The van der Waals surface area contributed by atoms with E-state index >= 15 is 0 Å². The quantitative estimate of drug-likeness (QED) is 0.558. The number of H-pyrrole nitrogens is 1. The molecule has 6 heteroatoms. The van der Waals surface area contributed by atoms with Gasteiger partial charge in [0.1, 0.15) is 0 Å². The van der Waals surface area contributed by atoms with Crippen molar-refractivity contribution in [1.82, 2.24) is 9.97 Å². The number of aromatic amines is 1. The van der Waals surface area contributed by atoms with Crippen LogP contribution < -0.4 is 10.5 Å². The van der Waals surface area contributed by atoms with Crippen LogP contribution in [0.5, 0.6) is 0 Å². The summed E-state index contributed by atoms with van der Waals surface area (Å²) in [5.41, 5.74) is 3.47. The summed E-state index contributed by atoms with van der Waals surface area (Å²) >= 11 is 1.26. The molecule has 1 amide bonds. The summed E-state index contributed by atoms with van der Waals surface area (Å²) in [6.07, 6.45) is 1.97. The number of rotatable bonds is 4. The first-order chi connectivity index (χ1) is 13.2. The van der Waals surface area contributed by atoms with Crippen LogP contribution in [-0.2, 0) is 11.2 Å². The van der Waals surface area contributed by atoms with E-state index in [1.807, 2.05) is 53.4 Å². The van der Waals surface area contributed by atoms with Crippen molar-refractivity contribution in [3.8, 4) is 11.3 Å². The standard InChI is InChI=1S/C21H19N3O2S/c25-19-13-17(15-7-2-1-3-8-15)22-21(23-19)27-14-20(26)24-12-6-10-16-9-4-5-11-18(16)24/h1-5,7-9,11,13H,6,10,12,14H2,(H,22,23,25). The van der Waals surface area contributed by atoms with Crippen LogP contribution >= 0.6 is 11.8 Å². The van der Waals surface area contributed by atoms with Crippen molar-refractivity contribution in [2.45, 2.75) is 18.0 Å². The summed E-state index contributed by atoms with van der Waals surface area (Å²) in [5.74, 6) is 0.259. The first-order valence-electron chi connectivity index (χ1n) is 8.88. The van der Waals surface area contributed by atoms with Crippen molar-refractivity contribution in [3.05, 3.63) is 76.6 Å². The number of carbonyl (C=O) groups excluding carboxylic acids is 1. The highest BCUT2D eigenvalue weighted by Crippen LogP contribution is 2.28. The topological polar surface area (TPSA) is 66.1 Å². The van der Waals surface area contributed by atoms with Gasteiger partial charge in [-0.1, -0.05) is 60.3 Å². The van der Waals surface area contributed by atoms with Crippen molar-refractivity contribution in [3.63, 3.8) is 0 Å². The zero-order valence-corrected chi connectivity index (χ0v) is 15.5. The van der Waals surface area contributed by atoms with Crippen LogP contribution in [0.4, 0.5) is 5.69 Å². The van der Waals surface area contributed by atoms with E-state index in [1.54, 1.807) is 0 Å². The Morgan fingerprint density at radius 2 is 1.89 bits per heavy atom. The monoisotopic (exact) mass is 377 g/mol. The number of nitrogens with zero attached hydrogens (tertiary/aromatic N) is 2. The summed E-state index contributed by atoms with van der Waals surface area (Å²) in [7, 11) is 0. The summed E-state index contributed by atoms with van der Waals surface area (Å²) in [4.78, 5) is 33.8. The Balaban J connectivity index is 1.50. The van der Waals surface area contributed by atoms with Gasteiger partial charge in [-0.3, -0.25) is 9.59 Å². The fourth-order valence-electron chi connectivity index (χ4n) is 3.26. The molecule has 2 heterocycles. The molecule has 0 fully saturated rings. The maximum atomic E-state index is 12.8. The Labute approximate surface area is 161 Å². The lowest BCUT2D eigenvalue weighted by molar-refractivity contribution is -0.116. The van der Waals surface area contributed by atoms with Crippen molar-refractivity contribution >= 4 is 23.4 Å². The van der Waals surface area contributed by atoms with E-state index in [9.17, 15) is 9.59 Å². The molecule has 0 spiro atoms. The van der Waals surface area contributed by atoms with Gasteiger partial charge in [0.25, 0.3) is 5.56 Å². The molecule has 5 nitrogen and oxygen atoms in total. The van der Waals surface area contributed by atoms with Gasteiger partial charge in [-0.05, 0) is 24.5 Å². The predicted octanol–water partition coefficient (Wildman–Crippen LogP) is 3.51. The molecule has 0 bridgehead atoms. The third kappa shape index (κ3) is 3.95. The van der Waals surface area contributed by atoms with Crippen LogP contribution in [0.1, 0.15) is 12.0 Å². The maximum absolute atomic E-state index is 12.8. The summed E-state index contributed by atoms with van der Waals surface area (Å²) in [6, 6.07) is 19.1. The molecule has 27 heavy (non-hydrogen) atoms. The number of fused-ring (bicyclic) bond motifs is 1. The van der Waals surface area contributed by atoms with E-state index in [4.69, 9.17) is 0 Å². The number of para-hydroxylation sites is 1. The highest BCUT2D eigenvalue weighted by molar-refractivity contribution is 7.99. The minimum atomic E-state index is -0.220. The van der Waals surface area contributed by atoms with Gasteiger partial charge in [0.05, 0.1) is 11.4 Å². The normalized spacial score (nSPS) is 13.3. The Morgan fingerprint density at radius 1 is 1.11 bits per heavy atom. The number of aromatic nitrogens is 2. The van der Waals surface area contributed by atoms with E-state index in [-0.39, 0.29) is 17.2 Å². The molecule has 0 saturated carbocycles. The van der Waals surface area contributed by atoms with Gasteiger partial charge in [0.15, 0.2) is 5.16 Å². The third-order valence-corrected chi connectivity index (χ3v) is 5.39. The molecule has 0 unspecified atom stereocenters. The molecule has 0 atom stereocenters. The number of amides is 1. The molecule has 1 aliphatic heterocycles. The molecule has 0 aliphatic carbocycles. The molecule has 4 rings (SSSR count). The number of benzene rings is 2. The average Bonchev–Trinajstić information content (AvgIpc) is 2.72. The Bertz CT molecular complexity index is 1020. The lowest BCUT2D eigenvalue weighted by Gasteiger charge is -2.29. The Morgan fingerprint density at radius 3 is 2.74 bits per heavy atom. The second kappa shape index (κ2) is 7.80. The number of anilines is 1. The number of carbonyl (C=O) groups is 1. The van der Waals surface area contributed by atoms with Crippen molar-refractivity contribution in [1.29, 1.82) is 0 Å². The molecular weight excluding hydrogens is 358 g/mol. The smallest absolute Gasteiger partial charge is 0.252 e.